The summed E-state index contributed by atoms with van der Waals surface area (Å²) in [4.78, 5) is 12.2. The summed E-state index contributed by atoms with van der Waals surface area (Å²) in [5.41, 5.74) is 0. The first kappa shape index (κ1) is 8.01. The first-order chi connectivity index (χ1) is 5.81. The minimum atomic E-state index is -0.269. The van der Waals surface area contributed by atoms with Gasteiger partial charge in [0.2, 0.25) is 6.41 Å². The summed E-state index contributed by atoms with van der Waals surface area (Å²) < 4.78 is 5.30. The van der Waals surface area contributed by atoms with E-state index >= 15 is 0 Å². The van der Waals surface area contributed by atoms with E-state index in [1.165, 1.54) is 0 Å². The van der Waals surface area contributed by atoms with Crippen LogP contribution in [0, 0.1) is 11.8 Å². The molecule has 2 fully saturated rings. The van der Waals surface area contributed by atoms with Gasteiger partial charge in [-0.25, -0.2) is 0 Å². The molecule has 2 aliphatic heterocycles. The smallest absolute Gasteiger partial charge is 0.209 e. The van der Waals surface area contributed by atoms with Crippen molar-refractivity contribution < 1.29 is 14.6 Å². The average Bonchev–Trinajstić information content (AvgIpc) is 2.04. The zero-order valence-corrected chi connectivity index (χ0v) is 6.85. The van der Waals surface area contributed by atoms with Crippen molar-refractivity contribution in [2.75, 3.05) is 26.3 Å². The second-order valence-electron chi connectivity index (χ2n) is 3.61. The SMILES string of the molecule is O=CN1CC2COCC(C1)C2O. The van der Waals surface area contributed by atoms with E-state index in [1.807, 2.05) is 0 Å². The van der Waals surface area contributed by atoms with E-state index in [2.05, 4.69) is 0 Å². The molecule has 2 heterocycles. The van der Waals surface area contributed by atoms with E-state index in [1.54, 1.807) is 4.90 Å². The molecule has 1 amide bonds. The highest BCUT2D eigenvalue weighted by atomic mass is 16.5. The highest BCUT2D eigenvalue weighted by Crippen LogP contribution is 2.26. The highest BCUT2D eigenvalue weighted by Gasteiger charge is 2.38. The third kappa shape index (κ3) is 1.21. The summed E-state index contributed by atoms with van der Waals surface area (Å²) in [6, 6.07) is 0. The monoisotopic (exact) mass is 171 g/mol. The van der Waals surface area contributed by atoms with Gasteiger partial charge < -0.3 is 14.7 Å². The van der Waals surface area contributed by atoms with Crippen LogP contribution in [0.4, 0.5) is 0 Å². The fourth-order valence-corrected chi connectivity index (χ4v) is 2.04. The maximum absolute atomic E-state index is 10.5. The number of hydrogen-bond acceptors (Lipinski definition) is 3. The van der Waals surface area contributed by atoms with Crippen LogP contribution in [0.15, 0.2) is 0 Å². The lowest BCUT2D eigenvalue weighted by Gasteiger charge is -2.43. The van der Waals surface area contributed by atoms with Crippen molar-refractivity contribution in [1.29, 1.82) is 0 Å². The molecule has 2 unspecified atom stereocenters. The van der Waals surface area contributed by atoms with Gasteiger partial charge in [-0.05, 0) is 0 Å². The molecule has 2 atom stereocenters. The molecule has 0 radical (unpaired) electrons. The topological polar surface area (TPSA) is 49.8 Å². The summed E-state index contributed by atoms with van der Waals surface area (Å²) in [5, 5.41) is 9.68. The van der Waals surface area contributed by atoms with Crippen molar-refractivity contribution in [3.8, 4) is 0 Å². The number of carbonyl (C=O) groups is 1. The number of carbonyl (C=O) groups excluding carboxylic acids is 1. The molecule has 68 valence electrons. The maximum Gasteiger partial charge on any atom is 0.209 e. The van der Waals surface area contributed by atoms with Gasteiger partial charge in [-0.1, -0.05) is 0 Å². The Morgan fingerprint density at radius 3 is 2.42 bits per heavy atom. The summed E-state index contributed by atoms with van der Waals surface area (Å²) in [6.07, 6.45) is 0.590. The fraction of sp³-hybridized carbons (Fsp3) is 0.875. The number of likely N-dealkylation sites (tertiary alicyclic amines) is 1. The molecule has 0 aromatic carbocycles. The molecule has 12 heavy (non-hydrogen) atoms. The lowest BCUT2D eigenvalue weighted by atomic mass is 9.85. The van der Waals surface area contributed by atoms with Crippen LogP contribution in [-0.2, 0) is 9.53 Å². The molecule has 0 aromatic heterocycles. The van der Waals surface area contributed by atoms with Crippen molar-refractivity contribution in [2.45, 2.75) is 6.10 Å². The Morgan fingerprint density at radius 1 is 1.33 bits per heavy atom. The van der Waals surface area contributed by atoms with Crippen LogP contribution in [0.5, 0.6) is 0 Å². The molecule has 2 saturated heterocycles. The molecular formula is C8H13NO3. The van der Waals surface area contributed by atoms with Gasteiger partial charge in [-0.3, -0.25) is 4.79 Å². The number of rotatable bonds is 1. The Kier molecular flexibility index (Phi) is 2.02. The summed E-state index contributed by atoms with van der Waals surface area (Å²) in [5.74, 6) is 0.255. The number of aliphatic hydroxyl groups is 1. The minimum absolute atomic E-state index is 0.127. The van der Waals surface area contributed by atoms with Crippen LogP contribution in [-0.4, -0.2) is 48.8 Å². The van der Waals surface area contributed by atoms with Gasteiger partial charge in [0, 0.05) is 24.9 Å². The quantitative estimate of drug-likeness (QED) is 0.519. The van der Waals surface area contributed by atoms with E-state index in [-0.39, 0.29) is 17.9 Å². The van der Waals surface area contributed by atoms with Crippen LogP contribution >= 0.6 is 0 Å². The zero-order chi connectivity index (χ0) is 8.55. The van der Waals surface area contributed by atoms with E-state index in [9.17, 15) is 9.90 Å². The molecular weight excluding hydrogens is 158 g/mol. The minimum Gasteiger partial charge on any atom is -0.392 e. The van der Waals surface area contributed by atoms with Gasteiger partial charge in [0.25, 0.3) is 0 Å². The van der Waals surface area contributed by atoms with Gasteiger partial charge in [0.15, 0.2) is 0 Å². The van der Waals surface area contributed by atoms with Crippen molar-refractivity contribution in [2.24, 2.45) is 11.8 Å². The molecule has 4 nitrogen and oxygen atoms in total. The largest absolute Gasteiger partial charge is 0.392 e. The number of ether oxygens (including phenoxy) is 1. The Morgan fingerprint density at radius 2 is 1.92 bits per heavy atom. The van der Waals surface area contributed by atoms with Crippen LogP contribution in [0.2, 0.25) is 0 Å². The predicted octanol–water partition coefficient (Wildman–Crippen LogP) is -0.918. The third-order valence-corrected chi connectivity index (χ3v) is 2.72. The van der Waals surface area contributed by atoms with Crippen molar-refractivity contribution in [1.82, 2.24) is 4.90 Å². The van der Waals surface area contributed by atoms with Crippen molar-refractivity contribution in [3.63, 3.8) is 0 Å². The second kappa shape index (κ2) is 3.03. The van der Waals surface area contributed by atoms with Gasteiger partial charge >= 0.3 is 0 Å². The molecule has 2 bridgehead atoms. The Balaban J connectivity index is 2.07. The summed E-state index contributed by atoms with van der Waals surface area (Å²) in [6.45, 7) is 2.45. The Hall–Kier alpha value is -0.610. The lowest BCUT2D eigenvalue weighted by molar-refractivity contribution is -0.141. The van der Waals surface area contributed by atoms with Crippen molar-refractivity contribution >= 4 is 6.41 Å². The van der Waals surface area contributed by atoms with Gasteiger partial charge in [-0.15, -0.1) is 0 Å². The zero-order valence-electron chi connectivity index (χ0n) is 6.85. The van der Waals surface area contributed by atoms with Crippen LogP contribution in [0.3, 0.4) is 0 Å². The van der Waals surface area contributed by atoms with Crippen molar-refractivity contribution in [3.05, 3.63) is 0 Å². The van der Waals surface area contributed by atoms with E-state index < -0.39 is 0 Å². The summed E-state index contributed by atoms with van der Waals surface area (Å²) >= 11 is 0. The first-order valence-electron chi connectivity index (χ1n) is 4.26. The summed E-state index contributed by atoms with van der Waals surface area (Å²) in [7, 11) is 0. The molecule has 1 N–H and O–H groups in total. The van der Waals surface area contributed by atoms with Gasteiger partial charge in [-0.2, -0.15) is 0 Å². The van der Waals surface area contributed by atoms with Crippen LogP contribution in [0.25, 0.3) is 0 Å². The maximum atomic E-state index is 10.5. The normalized spacial score (nSPS) is 41.1. The molecule has 0 saturated carbocycles. The number of fused-ring (bicyclic) bond motifs is 2. The van der Waals surface area contributed by atoms with Crippen LogP contribution in [0.1, 0.15) is 0 Å². The molecule has 2 aliphatic rings. The standard InChI is InChI=1S/C8H13NO3/c10-5-9-1-6-3-12-4-7(2-9)8(6)11/h5-8,11H,1-4H2. The molecule has 0 spiro atoms. The Bertz CT molecular complexity index is 171. The Labute approximate surface area is 71.1 Å². The van der Waals surface area contributed by atoms with E-state index in [0.29, 0.717) is 26.3 Å². The molecule has 2 rings (SSSR count). The van der Waals surface area contributed by atoms with E-state index in [0.717, 1.165) is 6.41 Å². The highest BCUT2D eigenvalue weighted by molar-refractivity contribution is 5.47. The number of hydrogen-bond donors (Lipinski definition) is 1. The van der Waals surface area contributed by atoms with Crippen LogP contribution < -0.4 is 0 Å². The number of amides is 1. The number of nitrogens with zero attached hydrogens (tertiary/aromatic N) is 1. The number of piperidine rings is 1. The number of aliphatic hydroxyl groups excluding tert-OH is 1. The molecule has 4 heteroatoms. The third-order valence-electron chi connectivity index (χ3n) is 2.72. The molecule has 0 aliphatic carbocycles. The van der Waals surface area contributed by atoms with E-state index in [4.69, 9.17) is 4.74 Å². The molecule has 0 aromatic rings. The average molecular weight is 171 g/mol. The van der Waals surface area contributed by atoms with Gasteiger partial charge in [0.1, 0.15) is 0 Å². The second-order valence-corrected chi connectivity index (χ2v) is 3.61. The lowest BCUT2D eigenvalue weighted by Crippen LogP contribution is -2.54. The first-order valence-corrected chi connectivity index (χ1v) is 4.26. The fourth-order valence-electron chi connectivity index (χ4n) is 2.04. The van der Waals surface area contributed by atoms with Gasteiger partial charge in [0.05, 0.1) is 19.3 Å². The predicted molar refractivity (Wildman–Crippen MR) is 41.4 cm³/mol.